The zero-order valence-corrected chi connectivity index (χ0v) is 17.1. The molecule has 1 aliphatic rings. The van der Waals surface area contributed by atoms with E-state index in [1.807, 2.05) is 46.8 Å². The molecule has 2 aromatic rings. The maximum Gasteiger partial charge on any atom is 0.257 e. The lowest BCUT2D eigenvalue weighted by Gasteiger charge is -2.26. The van der Waals surface area contributed by atoms with Crippen LogP contribution in [0.1, 0.15) is 15.9 Å². The monoisotopic (exact) mass is 443 g/mol. The van der Waals surface area contributed by atoms with Gasteiger partial charge in [0.2, 0.25) is 0 Å². The highest BCUT2D eigenvalue weighted by Gasteiger charge is 2.19. The van der Waals surface area contributed by atoms with Gasteiger partial charge in [0, 0.05) is 21.0 Å². The summed E-state index contributed by atoms with van der Waals surface area (Å²) < 4.78 is 6.13. The maximum atomic E-state index is 12.4. The molecule has 0 fully saturated rings. The standard InChI is InChI=1S/C20H18BrN3O2S/c1-3-12-24-18(14-6-10-17(26-2)11-7-14)13-27-20(23-24)22-19(25)15-4-8-16(21)9-5-15/h3-11,13H,1,12H2,2H3,(H,22,23,25). The van der Waals surface area contributed by atoms with Crippen molar-refractivity contribution in [2.45, 2.75) is 0 Å². The van der Waals surface area contributed by atoms with E-state index in [4.69, 9.17) is 4.74 Å². The van der Waals surface area contributed by atoms with Gasteiger partial charge in [-0.1, -0.05) is 33.8 Å². The number of nitrogens with one attached hydrogen (secondary N) is 1. The molecule has 2 aromatic carbocycles. The third kappa shape index (κ3) is 4.81. The second-order valence-electron chi connectivity index (χ2n) is 5.59. The first-order valence-corrected chi connectivity index (χ1v) is 9.83. The highest BCUT2D eigenvalue weighted by molar-refractivity contribution is 9.10. The highest BCUT2D eigenvalue weighted by Crippen LogP contribution is 2.29. The van der Waals surface area contributed by atoms with Crippen LogP contribution >= 0.6 is 27.7 Å². The summed E-state index contributed by atoms with van der Waals surface area (Å²) in [5, 5.41) is 11.7. The van der Waals surface area contributed by atoms with Crippen molar-refractivity contribution in [3.05, 3.63) is 82.2 Å². The van der Waals surface area contributed by atoms with Crippen LogP contribution in [0.15, 0.2) is 76.2 Å². The van der Waals surface area contributed by atoms with E-state index in [0.29, 0.717) is 17.3 Å². The van der Waals surface area contributed by atoms with Crippen molar-refractivity contribution < 1.29 is 9.53 Å². The van der Waals surface area contributed by atoms with Gasteiger partial charge in [-0.05, 0) is 48.5 Å². The predicted octanol–water partition coefficient (Wildman–Crippen LogP) is 4.69. The van der Waals surface area contributed by atoms with Crippen molar-refractivity contribution >= 4 is 44.5 Å². The summed E-state index contributed by atoms with van der Waals surface area (Å²) in [4.78, 5) is 12.4. The predicted molar refractivity (Wildman–Crippen MR) is 115 cm³/mol. The van der Waals surface area contributed by atoms with Crippen LogP contribution in [0.2, 0.25) is 0 Å². The molecule has 1 aliphatic heterocycles. The van der Waals surface area contributed by atoms with Crippen LogP contribution in [0.25, 0.3) is 5.70 Å². The smallest absolute Gasteiger partial charge is 0.257 e. The number of ether oxygens (including phenoxy) is 1. The fourth-order valence-electron chi connectivity index (χ4n) is 2.42. The minimum Gasteiger partial charge on any atom is -0.497 e. The normalized spacial score (nSPS) is 13.5. The summed E-state index contributed by atoms with van der Waals surface area (Å²) in [5.74, 6) is 0.595. The Kier molecular flexibility index (Phi) is 6.36. The van der Waals surface area contributed by atoms with E-state index in [9.17, 15) is 4.79 Å². The second-order valence-corrected chi connectivity index (χ2v) is 7.36. The maximum absolute atomic E-state index is 12.4. The number of carbonyl (C=O) groups excluding carboxylic acids is 1. The summed E-state index contributed by atoms with van der Waals surface area (Å²) in [5.41, 5.74) is 2.51. The Balaban J connectivity index is 1.76. The number of carbonyl (C=O) groups is 1. The summed E-state index contributed by atoms with van der Waals surface area (Å²) in [6, 6.07) is 14.9. The van der Waals surface area contributed by atoms with Gasteiger partial charge in [0.15, 0.2) is 5.17 Å². The summed E-state index contributed by atoms with van der Waals surface area (Å²) >= 11 is 4.74. The molecule has 1 heterocycles. The molecule has 0 aliphatic carbocycles. The molecule has 1 N–H and O–H groups in total. The quantitative estimate of drug-likeness (QED) is 0.680. The number of benzene rings is 2. The van der Waals surface area contributed by atoms with Crippen LogP contribution in [-0.4, -0.2) is 29.7 Å². The average molecular weight is 444 g/mol. The van der Waals surface area contributed by atoms with Crippen LogP contribution < -0.4 is 10.1 Å². The highest BCUT2D eigenvalue weighted by atomic mass is 79.9. The van der Waals surface area contributed by atoms with Gasteiger partial charge < -0.3 is 4.74 Å². The van der Waals surface area contributed by atoms with E-state index < -0.39 is 0 Å². The van der Waals surface area contributed by atoms with E-state index in [-0.39, 0.29) is 5.91 Å². The number of halogens is 1. The Morgan fingerprint density at radius 3 is 2.59 bits per heavy atom. The number of hydrazone groups is 1. The van der Waals surface area contributed by atoms with Gasteiger partial charge in [-0.25, -0.2) is 0 Å². The summed E-state index contributed by atoms with van der Waals surface area (Å²) in [6.07, 6.45) is 1.77. The lowest BCUT2D eigenvalue weighted by Crippen LogP contribution is -2.32. The van der Waals surface area contributed by atoms with E-state index >= 15 is 0 Å². The fourth-order valence-corrected chi connectivity index (χ4v) is 3.47. The molecule has 1 amide bonds. The molecule has 0 aromatic heterocycles. The topological polar surface area (TPSA) is 53.9 Å². The van der Waals surface area contributed by atoms with E-state index in [1.165, 1.54) is 11.8 Å². The molecule has 0 saturated heterocycles. The van der Waals surface area contributed by atoms with Gasteiger partial charge in [0.1, 0.15) is 5.75 Å². The van der Waals surface area contributed by atoms with Gasteiger partial charge in [-0.15, -0.1) is 11.7 Å². The zero-order chi connectivity index (χ0) is 19.2. The molecular formula is C20H18BrN3O2S. The minimum absolute atomic E-state index is 0.200. The van der Waals surface area contributed by atoms with E-state index in [1.54, 1.807) is 25.3 Å². The lowest BCUT2D eigenvalue weighted by molar-refractivity contribution is 0.0977. The third-order valence-corrected chi connectivity index (χ3v) is 5.06. The number of amides is 1. The fraction of sp³-hybridized carbons (Fsp3) is 0.100. The number of thioether (sulfide) groups is 1. The Hall–Kier alpha value is -2.51. The van der Waals surface area contributed by atoms with Gasteiger partial charge in [0.05, 0.1) is 19.4 Å². The molecule has 0 atom stereocenters. The third-order valence-electron chi connectivity index (χ3n) is 3.79. The van der Waals surface area contributed by atoms with Gasteiger partial charge in [-0.2, -0.15) is 0 Å². The van der Waals surface area contributed by atoms with E-state index in [0.717, 1.165) is 21.5 Å². The SMILES string of the molecule is C=CCN1N=C(NC(=O)c2ccc(Br)cc2)SC=C1c1ccc(OC)cc1. The van der Waals surface area contributed by atoms with Gasteiger partial charge in [-0.3, -0.25) is 15.1 Å². The number of hydrogen-bond acceptors (Lipinski definition) is 5. The summed E-state index contributed by atoms with van der Waals surface area (Å²) in [6.45, 7) is 4.32. The van der Waals surface area contributed by atoms with E-state index in [2.05, 4.69) is 32.9 Å². The number of nitrogens with zero attached hydrogens (tertiary/aromatic N) is 2. The number of amidine groups is 1. The van der Waals surface area contributed by atoms with Crippen LogP contribution in [0.5, 0.6) is 5.75 Å². The first kappa shape index (κ1) is 19.3. The zero-order valence-electron chi connectivity index (χ0n) is 14.7. The van der Waals surface area contributed by atoms with Gasteiger partial charge >= 0.3 is 0 Å². The molecule has 0 bridgehead atoms. The van der Waals surface area contributed by atoms with Crippen molar-refractivity contribution in [2.24, 2.45) is 5.10 Å². The van der Waals surface area contributed by atoms with Crippen molar-refractivity contribution in [2.75, 3.05) is 13.7 Å². The molecule has 138 valence electrons. The molecule has 27 heavy (non-hydrogen) atoms. The van der Waals surface area contributed by atoms with Crippen LogP contribution in [0.3, 0.4) is 0 Å². The molecule has 0 spiro atoms. The Morgan fingerprint density at radius 2 is 1.96 bits per heavy atom. The molecular weight excluding hydrogens is 426 g/mol. The Bertz CT molecular complexity index is 892. The molecule has 3 rings (SSSR count). The van der Waals surface area contributed by atoms with Crippen molar-refractivity contribution in [1.29, 1.82) is 0 Å². The number of methoxy groups -OCH3 is 1. The van der Waals surface area contributed by atoms with Crippen LogP contribution in [-0.2, 0) is 0 Å². The summed E-state index contributed by atoms with van der Waals surface area (Å²) in [7, 11) is 1.64. The average Bonchev–Trinajstić information content (AvgIpc) is 2.69. The Morgan fingerprint density at radius 1 is 1.26 bits per heavy atom. The lowest BCUT2D eigenvalue weighted by atomic mass is 10.1. The molecule has 0 radical (unpaired) electrons. The van der Waals surface area contributed by atoms with Crippen molar-refractivity contribution in [3.8, 4) is 5.75 Å². The first-order chi connectivity index (χ1) is 13.1. The van der Waals surface area contributed by atoms with Crippen LogP contribution in [0, 0.1) is 0 Å². The largest absolute Gasteiger partial charge is 0.497 e. The van der Waals surface area contributed by atoms with Crippen molar-refractivity contribution in [3.63, 3.8) is 0 Å². The second kappa shape index (κ2) is 8.92. The number of rotatable bonds is 5. The van der Waals surface area contributed by atoms with Gasteiger partial charge in [0.25, 0.3) is 5.91 Å². The molecule has 7 heteroatoms. The molecule has 0 unspecified atom stereocenters. The molecule has 0 saturated carbocycles. The molecule has 5 nitrogen and oxygen atoms in total. The minimum atomic E-state index is -0.200. The van der Waals surface area contributed by atoms with Crippen molar-refractivity contribution in [1.82, 2.24) is 10.3 Å². The first-order valence-electron chi connectivity index (χ1n) is 8.16. The Labute approximate surface area is 170 Å². The van der Waals surface area contributed by atoms with Crippen LogP contribution in [0.4, 0.5) is 0 Å². The number of hydrogen-bond donors (Lipinski definition) is 1.